The van der Waals surface area contributed by atoms with Crippen LogP contribution in [0, 0.1) is 0 Å². The molecule has 2 rings (SSSR count). The lowest BCUT2D eigenvalue weighted by molar-refractivity contribution is 0.156. The zero-order valence-electron chi connectivity index (χ0n) is 11.4. The van der Waals surface area contributed by atoms with Gasteiger partial charge in [0.05, 0.1) is 19.4 Å². The van der Waals surface area contributed by atoms with Gasteiger partial charge in [-0.1, -0.05) is 6.92 Å². The highest BCUT2D eigenvalue weighted by Crippen LogP contribution is 2.17. The fourth-order valence-electron chi connectivity index (χ4n) is 2.31. The van der Waals surface area contributed by atoms with E-state index >= 15 is 0 Å². The van der Waals surface area contributed by atoms with Gasteiger partial charge in [-0.15, -0.1) is 0 Å². The van der Waals surface area contributed by atoms with Crippen LogP contribution in [0.4, 0.5) is 0 Å². The van der Waals surface area contributed by atoms with Crippen molar-refractivity contribution in [1.82, 2.24) is 10.2 Å². The Morgan fingerprint density at radius 2 is 2.39 bits per heavy atom. The first-order valence-electron chi connectivity index (χ1n) is 6.85. The smallest absolute Gasteiger partial charge is 0.122 e. The number of hydrogen-bond acceptors (Lipinski definition) is 4. The first-order chi connectivity index (χ1) is 8.81. The fourth-order valence-corrected chi connectivity index (χ4v) is 2.31. The van der Waals surface area contributed by atoms with E-state index < -0.39 is 0 Å². The second-order valence-electron chi connectivity index (χ2n) is 4.98. The van der Waals surface area contributed by atoms with Crippen molar-refractivity contribution in [3.63, 3.8) is 0 Å². The Kier molecular flexibility index (Phi) is 5.23. The van der Waals surface area contributed by atoms with Crippen LogP contribution in [-0.4, -0.2) is 37.7 Å². The van der Waals surface area contributed by atoms with Crippen molar-refractivity contribution in [2.45, 2.75) is 38.9 Å². The van der Waals surface area contributed by atoms with Gasteiger partial charge in [-0.05, 0) is 32.5 Å². The third-order valence-corrected chi connectivity index (χ3v) is 3.50. The van der Waals surface area contributed by atoms with Crippen molar-refractivity contribution >= 4 is 0 Å². The van der Waals surface area contributed by atoms with Crippen molar-refractivity contribution in [2.75, 3.05) is 26.8 Å². The summed E-state index contributed by atoms with van der Waals surface area (Å²) < 4.78 is 11.0. The average molecular weight is 252 g/mol. The minimum absolute atomic E-state index is 0.552. The molecule has 18 heavy (non-hydrogen) atoms. The molecule has 0 bridgehead atoms. The van der Waals surface area contributed by atoms with E-state index in [1.807, 2.05) is 0 Å². The summed E-state index contributed by atoms with van der Waals surface area (Å²) in [5.74, 6) is 1.06. The second-order valence-corrected chi connectivity index (χ2v) is 4.98. The van der Waals surface area contributed by atoms with E-state index in [4.69, 9.17) is 9.15 Å². The van der Waals surface area contributed by atoms with Gasteiger partial charge in [0.15, 0.2) is 0 Å². The summed E-state index contributed by atoms with van der Waals surface area (Å²) in [6, 6.07) is 2.63. The number of nitrogens with zero attached hydrogens (tertiary/aromatic N) is 1. The highest BCUT2D eigenvalue weighted by Gasteiger charge is 2.21. The van der Waals surface area contributed by atoms with Crippen LogP contribution in [0.25, 0.3) is 0 Å². The Morgan fingerprint density at radius 3 is 3.11 bits per heavy atom. The molecule has 1 atom stereocenters. The lowest BCUT2D eigenvalue weighted by Crippen LogP contribution is -2.31. The van der Waals surface area contributed by atoms with Gasteiger partial charge in [-0.25, -0.2) is 0 Å². The molecule has 1 unspecified atom stereocenters. The largest absolute Gasteiger partial charge is 0.468 e. The van der Waals surface area contributed by atoms with Crippen LogP contribution in [0.5, 0.6) is 0 Å². The van der Waals surface area contributed by atoms with Crippen LogP contribution in [0.15, 0.2) is 16.7 Å². The molecule has 1 fully saturated rings. The van der Waals surface area contributed by atoms with E-state index in [-0.39, 0.29) is 0 Å². The maximum atomic E-state index is 5.55. The van der Waals surface area contributed by atoms with Gasteiger partial charge in [0.2, 0.25) is 0 Å². The van der Waals surface area contributed by atoms with Crippen LogP contribution < -0.4 is 5.32 Å². The second kappa shape index (κ2) is 6.92. The molecule has 0 aromatic carbocycles. The lowest BCUT2D eigenvalue weighted by atomic mass is 10.2. The van der Waals surface area contributed by atoms with Gasteiger partial charge in [-0.3, -0.25) is 4.90 Å². The van der Waals surface area contributed by atoms with Crippen molar-refractivity contribution in [3.8, 4) is 0 Å². The number of ether oxygens (including phenoxy) is 1. The molecule has 0 spiro atoms. The molecule has 1 aliphatic rings. The molecule has 102 valence electrons. The molecule has 1 saturated heterocycles. The summed E-state index contributed by atoms with van der Waals surface area (Å²) >= 11 is 0. The molecule has 1 aromatic heterocycles. The van der Waals surface area contributed by atoms with Crippen LogP contribution in [0.2, 0.25) is 0 Å². The van der Waals surface area contributed by atoms with E-state index in [0.29, 0.717) is 6.04 Å². The Hall–Kier alpha value is -0.840. The topological polar surface area (TPSA) is 37.6 Å². The van der Waals surface area contributed by atoms with Crippen molar-refractivity contribution in [1.29, 1.82) is 0 Å². The number of furan rings is 1. The number of nitrogens with one attached hydrogen (secondary N) is 1. The van der Waals surface area contributed by atoms with Gasteiger partial charge in [0, 0.05) is 24.8 Å². The molecular formula is C14H24N2O2. The van der Waals surface area contributed by atoms with Crippen LogP contribution in [-0.2, 0) is 17.8 Å². The van der Waals surface area contributed by atoms with E-state index in [0.717, 1.165) is 51.4 Å². The molecule has 2 heterocycles. The van der Waals surface area contributed by atoms with Crippen LogP contribution >= 0.6 is 0 Å². The number of likely N-dealkylation sites (N-methyl/N-ethyl adjacent to an activating group) is 1. The van der Waals surface area contributed by atoms with Crippen LogP contribution in [0.3, 0.4) is 0 Å². The van der Waals surface area contributed by atoms with Crippen molar-refractivity contribution < 1.29 is 9.15 Å². The zero-order chi connectivity index (χ0) is 12.8. The highest BCUT2D eigenvalue weighted by atomic mass is 16.5. The minimum atomic E-state index is 0.552. The number of hydrogen-bond donors (Lipinski definition) is 1. The summed E-state index contributed by atoms with van der Waals surface area (Å²) in [5.41, 5.74) is 1.29. The summed E-state index contributed by atoms with van der Waals surface area (Å²) in [6.45, 7) is 6.72. The minimum Gasteiger partial charge on any atom is -0.468 e. The zero-order valence-corrected chi connectivity index (χ0v) is 11.4. The molecule has 0 radical (unpaired) electrons. The molecule has 1 aliphatic heterocycles. The van der Waals surface area contributed by atoms with Crippen molar-refractivity contribution in [2.24, 2.45) is 0 Å². The fraction of sp³-hybridized carbons (Fsp3) is 0.714. The van der Waals surface area contributed by atoms with Gasteiger partial charge < -0.3 is 14.5 Å². The summed E-state index contributed by atoms with van der Waals surface area (Å²) in [6.07, 6.45) is 4.07. The normalized spacial score (nSPS) is 19.8. The van der Waals surface area contributed by atoms with E-state index in [2.05, 4.69) is 30.3 Å². The lowest BCUT2D eigenvalue weighted by Gasteiger charge is -2.22. The van der Waals surface area contributed by atoms with E-state index in [1.165, 1.54) is 5.56 Å². The van der Waals surface area contributed by atoms with E-state index in [1.54, 1.807) is 6.26 Å². The predicted octanol–water partition coefficient (Wildman–Crippen LogP) is 2.00. The predicted molar refractivity (Wildman–Crippen MR) is 71.4 cm³/mol. The molecule has 0 saturated carbocycles. The van der Waals surface area contributed by atoms with Crippen LogP contribution in [0.1, 0.15) is 31.1 Å². The van der Waals surface area contributed by atoms with Gasteiger partial charge in [-0.2, -0.15) is 0 Å². The summed E-state index contributed by atoms with van der Waals surface area (Å²) in [4.78, 5) is 2.36. The monoisotopic (exact) mass is 252 g/mol. The highest BCUT2D eigenvalue weighted by molar-refractivity contribution is 5.17. The van der Waals surface area contributed by atoms with E-state index in [9.17, 15) is 0 Å². The Labute approximate surface area is 109 Å². The van der Waals surface area contributed by atoms with Gasteiger partial charge in [0.1, 0.15) is 5.76 Å². The maximum Gasteiger partial charge on any atom is 0.122 e. The molecule has 1 aromatic rings. The summed E-state index contributed by atoms with van der Waals surface area (Å²) in [5, 5.41) is 3.38. The molecular weight excluding hydrogens is 228 g/mol. The van der Waals surface area contributed by atoms with Crippen molar-refractivity contribution in [3.05, 3.63) is 23.7 Å². The third-order valence-electron chi connectivity index (χ3n) is 3.50. The van der Waals surface area contributed by atoms with Gasteiger partial charge in [0.25, 0.3) is 0 Å². The maximum absolute atomic E-state index is 5.55. The molecule has 4 nitrogen and oxygen atoms in total. The molecule has 0 amide bonds. The first-order valence-corrected chi connectivity index (χ1v) is 6.85. The summed E-state index contributed by atoms with van der Waals surface area (Å²) in [7, 11) is 2.16. The molecule has 1 N–H and O–H groups in total. The quantitative estimate of drug-likeness (QED) is 0.753. The Balaban J connectivity index is 1.86. The molecule has 0 aliphatic carbocycles. The average Bonchev–Trinajstić information content (AvgIpc) is 3.01. The third kappa shape index (κ3) is 3.57. The molecule has 4 heteroatoms. The standard InChI is InChI=1S/C14H24N2O2/c1-3-6-15-9-14-12(4-8-18-14)10-16(2)13-5-7-17-11-13/h4,8,13,15H,3,5-7,9-11H2,1-2H3. The van der Waals surface area contributed by atoms with Gasteiger partial charge >= 0.3 is 0 Å². The Morgan fingerprint density at radius 1 is 1.50 bits per heavy atom. The number of rotatable bonds is 7. The Bertz CT molecular complexity index is 345. The first kappa shape index (κ1) is 13.6. The SMILES string of the molecule is CCCNCc1occc1CN(C)C1CCOC1.